The standard InChI is InChI=1S/C29H31NO7/c1-5-36-29(32)19-10-12-21(13-11-19)37-18-24-23-17-27(35-4)26(34-3)16-20(23)14-15-30(24)28(31)22-8-6-7-9-25(22)33-2/h6-13,16-17,24H,5,14-15,18H2,1-4H3/t24-/m0/s1. The van der Waals surface area contributed by atoms with Gasteiger partial charge in [-0.1, -0.05) is 12.1 Å². The van der Waals surface area contributed by atoms with Crippen LogP contribution in [0.3, 0.4) is 0 Å². The largest absolute Gasteiger partial charge is 0.496 e. The molecule has 0 saturated heterocycles. The average molecular weight is 506 g/mol. The molecule has 8 heteroatoms. The molecule has 0 radical (unpaired) electrons. The molecule has 0 spiro atoms. The third-order valence-electron chi connectivity index (χ3n) is 6.37. The summed E-state index contributed by atoms with van der Waals surface area (Å²) in [6.07, 6.45) is 0.654. The average Bonchev–Trinajstić information content (AvgIpc) is 2.94. The lowest BCUT2D eigenvalue weighted by Gasteiger charge is -2.38. The molecule has 1 atom stereocenters. The van der Waals surface area contributed by atoms with Crippen LogP contribution in [-0.4, -0.2) is 57.9 Å². The highest BCUT2D eigenvalue weighted by Crippen LogP contribution is 2.39. The Morgan fingerprint density at radius 3 is 2.24 bits per heavy atom. The molecule has 8 nitrogen and oxygen atoms in total. The van der Waals surface area contributed by atoms with Crippen molar-refractivity contribution in [2.24, 2.45) is 0 Å². The normalized spacial score (nSPS) is 14.4. The minimum atomic E-state index is -0.397. The van der Waals surface area contributed by atoms with Crippen molar-refractivity contribution in [1.29, 1.82) is 0 Å². The van der Waals surface area contributed by atoms with Gasteiger partial charge in [0.15, 0.2) is 11.5 Å². The lowest BCUT2D eigenvalue weighted by atomic mass is 9.91. The number of fused-ring (bicyclic) bond motifs is 1. The van der Waals surface area contributed by atoms with Crippen molar-refractivity contribution >= 4 is 11.9 Å². The van der Waals surface area contributed by atoms with Gasteiger partial charge in [0.05, 0.1) is 45.1 Å². The number of hydrogen-bond donors (Lipinski definition) is 0. The zero-order valence-electron chi connectivity index (χ0n) is 21.5. The van der Waals surface area contributed by atoms with Crippen LogP contribution in [0.4, 0.5) is 0 Å². The maximum atomic E-state index is 13.8. The highest BCUT2D eigenvalue weighted by molar-refractivity contribution is 5.97. The summed E-state index contributed by atoms with van der Waals surface area (Å²) in [5, 5.41) is 0. The van der Waals surface area contributed by atoms with Crippen molar-refractivity contribution in [3.63, 3.8) is 0 Å². The maximum Gasteiger partial charge on any atom is 0.338 e. The summed E-state index contributed by atoms with van der Waals surface area (Å²) < 4.78 is 27.7. The molecule has 194 valence electrons. The number of carbonyl (C=O) groups is 2. The monoisotopic (exact) mass is 505 g/mol. The van der Waals surface area contributed by atoms with Gasteiger partial charge >= 0.3 is 5.97 Å². The van der Waals surface area contributed by atoms with Crippen LogP contribution < -0.4 is 18.9 Å². The van der Waals surface area contributed by atoms with E-state index < -0.39 is 6.04 Å². The quantitative estimate of drug-likeness (QED) is 0.390. The summed E-state index contributed by atoms with van der Waals surface area (Å²) in [5.74, 6) is 1.77. The Kier molecular flexibility index (Phi) is 8.18. The van der Waals surface area contributed by atoms with E-state index in [1.165, 1.54) is 0 Å². The van der Waals surface area contributed by atoms with Crippen LogP contribution in [-0.2, 0) is 11.2 Å². The SMILES string of the molecule is CCOC(=O)c1ccc(OC[C@H]2c3cc(OC)c(OC)cc3CCN2C(=O)c2ccccc2OC)cc1. The van der Waals surface area contributed by atoms with Crippen molar-refractivity contribution in [2.75, 3.05) is 41.1 Å². The van der Waals surface area contributed by atoms with E-state index in [4.69, 9.17) is 23.7 Å². The molecule has 1 heterocycles. The summed E-state index contributed by atoms with van der Waals surface area (Å²) in [6, 6.07) is 17.4. The van der Waals surface area contributed by atoms with E-state index in [-0.39, 0.29) is 18.5 Å². The highest BCUT2D eigenvalue weighted by Gasteiger charge is 2.34. The number of hydrogen-bond acceptors (Lipinski definition) is 7. The second kappa shape index (κ2) is 11.7. The number of esters is 1. The van der Waals surface area contributed by atoms with E-state index in [9.17, 15) is 9.59 Å². The Labute approximate surface area is 216 Å². The van der Waals surface area contributed by atoms with E-state index in [1.807, 2.05) is 24.3 Å². The molecular formula is C29H31NO7. The van der Waals surface area contributed by atoms with Gasteiger partial charge in [-0.25, -0.2) is 4.79 Å². The van der Waals surface area contributed by atoms with Gasteiger partial charge in [0.1, 0.15) is 18.1 Å². The predicted octanol–water partition coefficient (Wildman–Crippen LogP) is 4.71. The first kappa shape index (κ1) is 25.9. The summed E-state index contributed by atoms with van der Waals surface area (Å²) in [6.45, 7) is 2.76. The molecule has 0 saturated carbocycles. The van der Waals surface area contributed by atoms with Crippen LogP contribution in [0.1, 0.15) is 44.8 Å². The number of rotatable bonds is 9. The Morgan fingerprint density at radius 1 is 0.892 bits per heavy atom. The molecule has 0 fully saturated rings. The molecule has 0 bridgehead atoms. The van der Waals surface area contributed by atoms with E-state index >= 15 is 0 Å². The van der Waals surface area contributed by atoms with Crippen molar-refractivity contribution in [2.45, 2.75) is 19.4 Å². The fourth-order valence-electron chi connectivity index (χ4n) is 4.50. The number of ether oxygens (including phenoxy) is 5. The zero-order valence-corrected chi connectivity index (χ0v) is 21.5. The molecule has 0 unspecified atom stereocenters. The first-order chi connectivity index (χ1) is 18.0. The number of methoxy groups -OCH3 is 3. The number of benzene rings is 3. The first-order valence-electron chi connectivity index (χ1n) is 12.1. The third kappa shape index (κ3) is 5.48. The van der Waals surface area contributed by atoms with Crippen LogP contribution in [0.25, 0.3) is 0 Å². The molecule has 37 heavy (non-hydrogen) atoms. The Hall–Kier alpha value is -4.20. The number of amides is 1. The van der Waals surface area contributed by atoms with Crippen LogP contribution >= 0.6 is 0 Å². The lowest BCUT2D eigenvalue weighted by molar-refractivity contribution is 0.0524. The number of nitrogens with zero attached hydrogens (tertiary/aromatic N) is 1. The van der Waals surface area contributed by atoms with Crippen LogP contribution in [0.2, 0.25) is 0 Å². The van der Waals surface area contributed by atoms with Crippen molar-refractivity contribution in [1.82, 2.24) is 4.90 Å². The van der Waals surface area contributed by atoms with Gasteiger partial charge < -0.3 is 28.6 Å². The summed E-state index contributed by atoms with van der Waals surface area (Å²) in [4.78, 5) is 27.5. The summed E-state index contributed by atoms with van der Waals surface area (Å²) >= 11 is 0. The van der Waals surface area contributed by atoms with Crippen LogP contribution in [0.5, 0.6) is 23.0 Å². The molecule has 1 aliphatic heterocycles. The molecule has 0 aromatic heterocycles. The maximum absolute atomic E-state index is 13.8. The molecule has 1 amide bonds. The second-order valence-electron chi connectivity index (χ2n) is 8.43. The third-order valence-corrected chi connectivity index (χ3v) is 6.37. The van der Waals surface area contributed by atoms with Gasteiger partial charge in [-0.05, 0) is 73.0 Å². The molecule has 1 aliphatic rings. The van der Waals surface area contributed by atoms with Crippen LogP contribution in [0.15, 0.2) is 60.7 Å². The van der Waals surface area contributed by atoms with Gasteiger partial charge in [-0.2, -0.15) is 0 Å². The van der Waals surface area contributed by atoms with E-state index in [2.05, 4.69) is 0 Å². The topological polar surface area (TPSA) is 83.5 Å². The second-order valence-corrected chi connectivity index (χ2v) is 8.43. The van der Waals surface area contributed by atoms with Crippen LogP contribution in [0, 0.1) is 0 Å². The fourth-order valence-corrected chi connectivity index (χ4v) is 4.50. The predicted molar refractivity (Wildman–Crippen MR) is 138 cm³/mol. The molecular weight excluding hydrogens is 474 g/mol. The Balaban J connectivity index is 1.66. The smallest absolute Gasteiger partial charge is 0.338 e. The van der Waals surface area contributed by atoms with E-state index in [0.717, 1.165) is 11.1 Å². The van der Waals surface area contributed by atoms with Gasteiger partial charge in [0.25, 0.3) is 5.91 Å². The van der Waals surface area contributed by atoms with Gasteiger partial charge in [-0.3, -0.25) is 4.79 Å². The Bertz CT molecular complexity index is 1260. The summed E-state index contributed by atoms with van der Waals surface area (Å²) in [5.41, 5.74) is 2.92. The molecule has 0 N–H and O–H groups in total. The van der Waals surface area contributed by atoms with Crippen molar-refractivity contribution < 1.29 is 33.3 Å². The van der Waals surface area contributed by atoms with Gasteiger partial charge in [0.2, 0.25) is 0 Å². The number of para-hydroxylation sites is 1. The van der Waals surface area contributed by atoms with E-state index in [0.29, 0.717) is 53.7 Å². The minimum absolute atomic E-state index is 0.149. The molecule has 3 aromatic rings. The lowest BCUT2D eigenvalue weighted by Crippen LogP contribution is -2.42. The fraction of sp³-hybridized carbons (Fsp3) is 0.310. The van der Waals surface area contributed by atoms with Gasteiger partial charge in [0, 0.05) is 6.54 Å². The van der Waals surface area contributed by atoms with Crippen molar-refractivity contribution in [3.8, 4) is 23.0 Å². The Morgan fingerprint density at radius 2 is 1.57 bits per heavy atom. The minimum Gasteiger partial charge on any atom is -0.496 e. The molecule has 0 aliphatic carbocycles. The van der Waals surface area contributed by atoms with Crippen molar-refractivity contribution in [3.05, 3.63) is 82.9 Å². The van der Waals surface area contributed by atoms with E-state index in [1.54, 1.807) is 69.6 Å². The first-order valence-corrected chi connectivity index (χ1v) is 12.1. The number of carbonyl (C=O) groups excluding carboxylic acids is 2. The molecule has 4 rings (SSSR count). The highest BCUT2D eigenvalue weighted by atomic mass is 16.5. The van der Waals surface area contributed by atoms with Gasteiger partial charge in [-0.15, -0.1) is 0 Å². The molecule has 3 aromatic carbocycles. The summed E-state index contributed by atoms with van der Waals surface area (Å²) in [7, 11) is 4.74. The zero-order chi connectivity index (χ0) is 26.4.